The Hall–Kier alpha value is -1.39. The van der Waals surface area contributed by atoms with Crippen LogP contribution >= 0.6 is 15.9 Å². The lowest BCUT2D eigenvalue weighted by atomic mass is 10.2. The average Bonchev–Trinajstić information content (AvgIpc) is 2.47. The Labute approximate surface area is 134 Å². The lowest BCUT2D eigenvalue weighted by Crippen LogP contribution is -2.15. The van der Waals surface area contributed by atoms with Crippen molar-refractivity contribution < 1.29 is 4.74 Å². The van der Waals surface area contributed by atoms with Crippen LogP contribution in [-0.2, 0) is 13.2 Å². The van der Waals surface area contributed by atoms with Crippen LogP contribution in [0.2, 0.25) is 0 Å². The molecule has 21 heavy (non-hydrogen) atoms. The second-order valence-electron chi connectivity index (χ2n) is 4.99. The van der Waals surface area contributed by atoms with Crippen LogP contribution in [0.4, 0.5) is 0 Å². The van der Waals surface area contributed by atoms with Gasteiger partial charge in [-0.3, -0.25) is 0 Å². The van der Waals surface area contributed by atoms with Crippen molar-refractivity contribution in [1.29, 1.82) is 0 Å². The first kappa shape index (κ1) is 16.0. The van der Waals surface area contributed by atoms with Gasteiger partial charge in [0, 0.05) is 22.8 Å². The van der Waals surface area contributed by atoms with Crippen molar-refractivity contribution in [2.24, 2.45) is 0 Å². The third-order valence-corrected chi connectivity index (χ3v) is 3.68. The third-order valence-electron chi connectivity index (χ3n) is 3.19. The van der Waals surface area contributed by atoms with Gasteiger partial charge in [0.1, 0.15) is 6.61 Å². The average molecular weight is 349 g/mol. The molecule has 2 rings (SSSR count). The fraction of sp³-hybridized carbons (Fsp3) is 0.353. The molecule has 0 aliphatic rings. The first-order chi connectivity index (χ1) is 10.2. The molecule has 0 saturated heterocycles. The lowest BCUT2D eigenvalue weighted by Gasteiger charge is -2.10. The fourth-order valence-electron chi connectivity index (χ4n) is 2.02. The van der Waals surface area contributed by atoms with Gasteiger partial charge in [-0.2, -0.15) is 0 Å². The second kappa shape index (κ2) is 8.15. The summed E-state index contributed by atoms with van der Waals surface area (Å²) in [6, 6.07) is 12.1. The standard InChI is InChI=1S/C17H21BrN2O/c1-3-9-19-11-15-7-8-17(20-13(15)2)21-12-14-5-4-6-16(18)10-14/h4-8,10,19H,3,9,11-12H2,1-2H3. The molecule has 1 aromatic carbocycles. The van der Waals surface area contributed by atoms with Gasteiger partial charge in [0.2, 0.25) is 5.88 Å². The van der Waals surface area contributed by atoms with E-state index in [1.54, 1.807) is 0 Å². The molecule has 1 aromatic heterocycles. The van der Waals surface area contributed by atoms with Crippen LogP contribution < -0.4 is 10.1 Å². The summed E-state index contributed by atoms with van der Waals surface area (Å²) in [5.41, 5.74) is 3.36. The lowest BCUT2D eigenvalue weighted by molar-refractivity contribution is 0.293. The SMILES string of the molecule is CCCNCc1ccc(OCc2cccc(Br)c2)nc1C. The van der Waals surface area contributed by atoms with Crippen molar-refractivity contribution in [3.8, 4) is 5.88 Å². The van der Waals surface area contributed by atoms with Gasteiger partial charge in [0.25, 0.3) is 0 Å². The minimum absolute atomic E-state index is 0.527. The normalized spacial score (nSPS) is 10.6. The summed E-state index contributed by atoms with van der Waals surface area (Å²) in [7, 11) is 0. The zero-order chi connectivity index (χ0) is 15.1. The van der Waals surface area contributed by atoms with Crippen molar-refractivity contribution in [3.05, 3.63) is 57.7 Å². The predicted octanol–water partition coefficient (Wildman–Crippen LogP) is 4.23. The van der Waals surface area contributed by atoms with Crippen LogP contribution in [0.5, 0.6) is 5.88 Å². The molecule has 0 spiro atoms. The molecule has 1 N–H and O–H groups in total. The van der Waals surface area contributed by atoms with Gasteiger partial charge in [0.15, 0.2) is 0 Å². The molecule has 0 atom stereocenters. The van der Waals surface area contributed by atoms with Crippen molar-refractivity contribution in [2.75, 3.05) is 6.54 Å². The highest BCUT2D eigenvalue weighted by Gasteiger charge is 2.03. The number of benzene rings is 1. The molecule has 0 radical (unpaired) electrons. The molecule has 0 saturated carbocycles. The van der Waals surface area contributed by atoms with Crippen LogP contribution in [0.25, 0.3) is 0 Å². The Morgan fingerprint density at radius 2 is 2.10 bits per heavy atom. The summed E-state index contributed by atoms with van der Waals surface area (Å²) in [6.45, 7) is 6.60. The first-order valence-corrected chi connectivity index (χ1v) is 8.03. The fourth-order valence-corrected chi connectivity index (χ4v) is 2.46. The van der Waals surface area contributed by atoms with Crippen LogP contribution in [0.1, 0.15) is 30.2 Å². The molecular weight excluding hydrogens is 328 g/mol. The summed E-state index contributed by atoms with van der Waals surface area (Å²) < 4.78 is 6.82. The summed E-state index contributed by atoms with van der Waals surface area (Å²) in [4.78, 5) is 4.52. The summed E-state index contributed by atoms with van der Waals surface area (Å²) in [5, 5.41) is 3.39. The first-order valence-electron chi connectivity index (χ1n) is 7.23. The van der Waals surface area contributed by atoms with Gasteiger partial charge in [-0.05, 0) is 43.1 Å². The van der Waals surface area contributed by atoms with E-state index in [1.165, 1.54) is 5.56 Å². The van der Waals surface area contributed by atoms with Gasteiger partial charge in [0.05, 0.1) is 0 Å². The number of halogens is 1. The van der Waals surface area contributed by atoms with E-state index in [0.717, 1.165) is 35.2 Å². The van der Waals surface area contributed by atoms with E-state index in [-0.39, 0.29) is 0 Å². The maximum absolute atomic E-state index is 5.76. The van der Waals surface area contributed by atoms with Crippen LogP contribution in [0.3, 0.4) is 0 Å². The van der Waals surface area contributed by atoms with Gasteiger partial charge in [-0.1, -0.05) is 41.1 Å². The van der Waals surface area contributed by atoms with E-state index in [2.05, 4.69) is 45.3 Å². The van der Waals surface area contributed by atoms with Gasteiger partial charge in [-0.25, -0.2) is 4.98 Å². The van der Waals surface area contributed by atoms with E-state index < -0.39 is 0 Å². The number of pyridine rings is 1. The van der Waals surface area contributed by atoms with Gasteiger partial charge >= 0.3 is 0 Å². The minimum Gasteiger partial charge on any atom is -0.473 e. The predicted molar refractivity (Wildman–Crippen MR) is 89.4 cm³/mol. The van der Waals surface area contributed by atoms with Crippen molar-refractivity contribution >= 4 is 15.9 Å². The summed E-state index contributed by atoms with van der Waals surface area (Å²) in [5.74, 6) is 0.673. The number of hydrogen-bond acceptors (Lipinski definition) is 3. The molecule has 3 nitrogen and oxygen atoms in total. The molecule has 1 heterocycles. The smallest absolute Gasteiger partial charge is 0.213 e. The van der Waals surface area contributed by atoms with Gasteiger partial charge < -0.3 is 10.1 Å². The van der Waals surface area contributed by atoms with Crippen molar-refractivity contribution in [2.45, 2.75) is 33.4 Å². The maximum Gasteiger partial charge on any atom is 0.213 e. The van der Waals surface area contributed by atoms with Crippen molar-refractivity contribution in [1.82, 2.24) is 10.3 Å². The van der Waals surface area contributed by atoms with E-state index in [9.17, 15) is 0 Å². The largest absolute Gasteiger partial charge is 0.473 e. The molecular formula is C17H21BrN2O. The van der Waals surface area contributed by atoms with E-state index in [1.807, 2.05) is 31.2 Å². The molecule has 0 amide bonds. The van der Waals surface area contributed by atoms with E-state index in [0.29, 0.717) is 12.5 Å². The zero-order valence-corrected chi connectivity index (χ0v) is 14.1. The number of ether oxygens (including phenoxy) is 1. The Kier molecular flexibility index (Phi) is 6.21. The third kappa shape index (κ3) is 5.14. The number of aryl methyl sites for hydroxylation is 1. The minimum atomic E-state index is 0.527. The zero-order valence-electron chi connectivity index (χ0n) is 12.5. The summed E-state index contributed by atoms with van der Waals surface area (Å²) in [6.07, 6.45) is 1.14. The molecule has 0 bridgehead atoms. The topological polar surface area (TPSA) is 34.1 Å². The highest BCUT2D eigenvalue weighted by molar-refractivity contribution is 9.10. The quantitative estimate of drug-likeness (QED) is 0.760. The number of aromatic nitrogens is 1. The molecule has 0 aliphatic heterocycles. The maximum atomic E-state index is 5.76. The van der Waals surface area contributed by atoms with Crippen LogP contribution in [-0.4, -0.2) is 11.5 Å². The summed E-state index contributed by atoms with van der Waals surface area (Å²) >= 11 is 3.46. The number of hydrogen-bond donors (Lipinski definition) is 1. The van der Waals surface area contributed by atoms with E-state index >= 15 is 0 Å². The Bertz CT molecular complexity index is 587. The molecule has 0 unspecified atom stereocenters. The second-order valence-corrected chi connectivity index (χ2v) is 5.91. The molecule has 4 heteroatoms. The molecule has 2 aromatic rings. The number of rotatable bonds is 7. The number of nitrogens with zero attached hydrogens (tertiary/aromatic N) is 1. The Morgan fingerprint density at radius 1 is 1.24 bits per heavy atom. The molecule has 0 aliphatic carbocycles. The Balaban J connectivity index is 1.93. The highest BCUT2D eigenvalue weighted by atomic mass is 79.9. The molecule has 112 valence electrons. The van der Waals surface area contributed by atoms with Gasteiger partial charge in [-0.15, -0.1) is 0 Å². The Morgan fingerprint density at radius 3 is 2.81 bits per heavy atom. The van der Waals surface area contributed by atoms with Crippen LogP contribution in [0.15, 0.2) is 40.9 Å². The highest BCUT2D eigenvalue weighted by Crippen LogP contribution is 2.16. The van der Waals surface area contributed by atoms with Crippen LogP contribution in [0, 0.1) is 6.92 Å². The van der Waals surface area contributed by atoms with Crippen molar-refractivity contribution in [3.63, 3.8) is 0 Å². The van der Waals surface area contributed by atoms with E-state index in [4.69, 9.17) is 4.74 Å². The molecule has 0 fully saturated rings. The number of nitrogens with one attached hydrogen (secondary N) is 1. The monoisotopic (exact) mass is 348 g/mol.